The van der Waals surface area contributed by atoms with Crippen molar-refractivity contribution in [2.45, 2.75) is 6.54 Å². The number of hydrogen-bond donors (Lipinski definition) is 1. The third kappa shape index (κ3) is 1.85. The third-order valence-electron chi connectivity index (χ3n) is 3.40. The molecule has 0 aliphatic carbocycles. The van der Waals surface area contributed by atoms with Gasteiger partial charge in [-0.2, -0.15) is 4.98 Å². The molecule has 0 unspecified atom stereocenters. The van der Waals surface area contributed by atoms with Crippen molar-refractivity contribution in [1.29, 1.82) is 0 Å². The first kappa shape index (κ1) is 11.2. The van der Waals surface area contributed by atoms with E-state index in [-0.39, 0.29) is 5.56 Å². The van der Waals surface area contributed by atoms with Crippen LogP contribution >= 0.6 is 0 Å². The summed E-state index contributed by atoms with van der Waals surface area (Å²) in [6.07, 6.45) is 1.67. The Bertz CT molecular complexity index is 816. The van der Waals surface area contributed by atoms with E-state index in [1.54, 1.807) is 6.33 Å². The van der Waals surface area contributed by atoms with Crippen molar-refractivity contribution in [3.63, 3.8) is 0 Å². The van der Waals surface area contributed by atoms with Crippen LogP contribution in [0, 0.1) is 0 Å². The Labute approximate surface area is 114 Å². The zero-order valence-corrected chi connectivity index (χ0v) is 10.8. The highest BCUT2D eigenvalue weighted by Gasteiger charge is 2.22. The van der Waals surface area contributed by atoms with E-state index < -0.39 is 0 Å². The first-order chi connectivity index (χ1) is 9.81. The molecule has 3 heterocycles. The normalized spacial score (nSPS) is 13.9. The largest absolute Gasteiger partial charge is 0.339 e. The number of hydrogen-bond acceptors (Lipinski definition) is 4. The minimum Gasteiger partial charge on any atom is -0.339 e. The Morgan fingerprint density at radius 3 is 2.75 bits per heavy atom. The summed E-state index contributed by atoms with van der Waals surface area (Å²) in [5, 5.41) is 0. The molecule has 1 aliphatic rings. The third-order valence-corrected chi connectivity index (χ3v) is 3.40. The van der Waals surface area contributed by atoms with Gasteiger partial charge >= 0.3 is 0 Å². The molecule has 1 saturated heterocycles. The molecule has 1 N–H and O–H groups in total. The molecule has 0 atom stereocenters. The zero-order chi connectivity index (χ0) is 13.5. The number of aromatic amines is 1. The smallest absolute Gasteiger partial charge is 0.280 e. The van der Waals surface area contributed by atoms with Gasteiger partial charge in [0.05, 0.1) is 12.9 Å². The van der Waals surface area contributed by atoms with Crippen molar-refractivity contribution in [2.24, 2.45) is 0 Å². The quantitative estimate of drug-likeness (QED) is 0.719. The Balaban J connectivity index is 1.81. The van der Waals surface area contributed by atoms with Crippen molar-refractivity contribution in [3.8, 4) is 0 Å². The number of nitrogens with zero attached hydrogens (tertiary/aromatic N) is 4. The predicted molar refractivity (Wildman–Crippen MR) is 75.9 cm³/mol. The van der Waals surface area contributed by atoms with Gasteiger partial charge in [0.15, 0.2) is 11.2 Å². The Morgan fingerprint density at radius 2 is 2.00 bits per heavy atom. The summed E-state index contributed by atoms with van der Waals surface area (Å²) in [5.74, 6) is 0.636. The van der Waals surface area contributed by atoms with Crippen LogP contribution in [0.15, 0.2) is 41.5 Å². The SMILES string of the molecule is O=c1[nH]c(N2CC2)nc2c1ncn2Cc1ccccc1. The van der Waals surface area contributed by atoms with Crippen LogP contribution in [0.5, 0.6) is 0 Å². The number of rotatable bonds is 3. The van der Waals surface area contributed by atoms with E-state index in [1.807, 2.05) is 39.8 Å². The van der Waals surface area contributed by atoms with Gasteiger partial charge in [-0.1, -0.05) is 30.3 Å². The molecule has 0 radical (unpaired) electrons. The highest BCUT2D eigenvalue weighted by atomic mass is 16.1. The molecule has 3 aromatic rings. The number of nitrogens with one attached hydrogen (secondary N) is 1. The van der Waals surface area contributed by atoms with Crippen LogP contribution in [0.4, 0.5) is 5.95 Å². The number of H-pyrrole nitrogens is 1. The standard InChI is InChI=1S/C14H13N5O/c20-13-11-12(16-14(17-13)18-6-7-18)19(9-15-11)8-10-4-2-1-3-5-10/h1-5,9H,6-8H2,(H,16,17,20). The fraction of sp³-hybridized carbons (Fsp3) is 0.214. The molecule has 6 nitrogen and oxygen atoms in total. The summed E-state index contributed by atoms with van der Waals surface area (Å²) in [5.41, 5.74) is 2.01. The number of imidazole rings is 1. The second-order valence-corrected chi connectivity index (χ2v) is 4.91. The lowest BCUT2D eigenvalue weighted by Gasteiger charge is -2.05. The molecule has 1 aliphatic heterocycles. The number of benzene rings is 1. The van der Waals surface area contributed by atoms with Crippen LogP contribution < -0.4 is 10.5 Å². The van der Waals surface area contributed by atoms with Gasteiger partial charge in [-0.05, 0) is 5.56 Å². The van der Waals surface area contributed by atoms with E-state index in [2.05, 4.69) is 15.0 Å². The molecule has 100 valence electrons. The van der Waals surface area contributed by atoms with Crippen molar-refractivity contribution >= 4 is 17.1 Å². The van der Waals surface area contributed by atoms with E-state index >= 15 is 0 Å². The molecular formula is C14H13N5O. The van der Waals surface area contributed by atoms with Crippen molar-refractivity contribution in [2.75, 3.05) is 18.0 Å². The van der Waals surface area contributed by atoms with Gasteiger partial charge in [0.1, 0.15) is 0 Å². The highest BCUT2D eigenvalue weighted by molar-refractivity contribution is 5.71. The van der Waals surface area contributed by atoms with Crippen LogP contribution in [-0.2, 0) is 6.54 Å². The first-order valence-corrected chi connectivity index (χ1v) is 6.55. The molecule has 6 heteroatoms. The number of fused-ring (bicyclic) bond motifs is 1. The molecule has 0 spiro atoms. The Hall–Kier alpha value is -2.63. The monoisotopic (exact) mass is 267 g/mol. The maximum atomic E-state index is 12.0. The van der Waals surface area contributed by atoms with E-state index in [9.17, 15) is 4.79 Å². The lowest BCUT2D eigenvalue weighted by molar-refractivity contribution is 0.813. The molecule has 0 amide bonds. The van der Waals surface area contributed by atoms with Crippen molar-refractivity contribution in [3.05, 3.63) is 52.6 Å². The fourth-order valence-corrected chi connectivity index (χ4v) is 2.25. The van der Waals surface area contributed by atoms with Crippen LogP contribution in [0.25, 0.3) is 11.2 Å². The Morgan fingerprint density at radius 1 is 1.20 bits per heavy atom. The maximum absolute atomic E-state index is 12.0. The molecule has 4 rings (SSSR count). The lowest BCUT2D eigenvalue weighted by atomic mass is 10.2. The average molecular weight is 267 g/mol. The maximum Gasteiger partial charge on any atom is 0.280 e. The number of anilines is 1. The van der Waals surface area contributed by atoms with Crippen LogP contribution in [0.3, 0.4) is 0 Å². The topological polar surface area (TPSA) is 66.6 Å². The first-order valence-electron chi connectivity index (χ1n) is 6.55. The van der Waals surface area contributed by atoms with Gasteiger partial charge in [-0.15, -0.1) is 0 Å². The van der Waals surface area contributed by atoms with Gasteiger partial charge < -0.3 is 9.47 Å². The van der Waals surface area contributed by atoms with E-state index in [1.165, 1.54) is 0 Å². The number of aromatic nitrogens is 4. The van der Waals surface area contributed by atoms with Gasteiger partial charge in [0.25, 0.3) is 5.56 Å². The highest BCUT2D eigenvalue weighted by Crippen LogP contribution is 2.17. The summed E-state index contributed by atoms with van der Waals surface area (Å²) >= 11 is 0. The van der Waals surface area contributed by atoms with Crippen molar-refractivity contribution < 1.29 is 0 Å². The summed E-state index contributed by atoms with van der Waals surface area (Å²) in [4.78, 5) is 25.5. The van der Waals surface area contributed by atoms with E-state index in [0.717, 1.165) is 18.7 Å². The summed E-state index contributed by atoms with van der Waals surface area (Å²) < 4.78 is 1.91. The molecule has 0 saturated carbocycles. The molecule has 20 heavy (non-hydrogen) atoms. The van der Waals surface area contributed by atoms with E-state index in [4.69, 9.17) is 0 Å². The minimum atomic E-state index is -0.177. The van der Waals surface area contributed by atoms with Gasteiger partial charge in [0, 0.05) is 13.1 Å². The zero-order valence-electron chi connectivity index (χ0n) is 10.8. The summed E-state index contributed by atoms with van der Waals surface area (Å²) in [7, 11) is 0. The molecule has 2 aromatic heterocycles. The van der Waals surface area contributed by atoms with Crippen LogP contribution in [0.1, 0.15) is 5.56 Å². The lowest BCUT2D eigenvalue weighted by Crippen LogP contribution is -2.13. The minimum absolute atomic E-state index is 0.177. The summed E-state index contributed by atoms with van der Waals surface area (Å²) in [6, 6.07) is 10.1. The average Bonchev–Trinajstić information content (AvgIpc) is 3.24. The second kappa shape index (κ2) is 4.19. The van der Waals surface area contributed by atoms with Crippen molar-refractivity contribution in [1.82, 2.24) is 19.5 Å². The predicted octanol–water partition coefficient (Wildman–Crippen LogP) is 0.988. The van der Waals surface area contributed by atoms with E-state index in [0.29, 0.717) is 23.7 Å². The molecule has 1 aromatic carbocycles. The van der Waals surface area contributed by atoms with Gasteiger partial charge in [0.2, 0.25) is 5.95 Å². The van der Waals surface area contributed by atoms with Crippen LogP contribution in [0.2, 0.25) is 0 Å². The summed E-state index contributed by atoms with van der Waals surface area (Å²) in [6.45, 7) is 2.55. The fourth-order valence-electron chi connectivity index (χ4n) is 2.25. The Kier molecular flexibility index (Phi) is 2.35. The molecule has 1 fully saturated rings. The van der Waals surface area contributed by atoms with Crippen LogP contribution in [-0.4, -0.2) is 32.6 Å². The molecule has 0 bridgehead atoms. The molecular weight excluding hydrogens is 254 g/mol. The van der Waals surface area contributed by atoms with Gasteiger partial charge in [-0.3, -0.25) is 9.78 Å². The second-order valence-electron chi connectivity index (χ2n) is 4.91. The van der Waals surface area contributed by atoms with Gasteiger partial charge in [-0.25, -0.2) is 4.98 Å².